The van der Waals surface area contributed by atoms with E-state index in [1.54, 1.807) is 11.3 Å². The van der Waals surface area contributed by atoms with Crippen LogP contribution < -0.4 is 0 Å². The summed E-state index contributed by atoms with van der Waals surface area (Å²) in [6.07, 6.45) is 2.75. The number of thiazole rings is 1. The third-order valence-corrected chi connectivity index (χ3v) is 3.83. The second-order valence-corrected chi connectivity index (χ2v) is 5.13. The van der Waals surface area contributed by atoms with E-state index in [-0.39, 0.29) is 6.29 Å². The lowest BCUT2D eigenvalue weighted by atomic mass is 10.6. The van der Waals surface area contributed by atoms with Crippen molar-refractivity contribution >= 4 is 33.9 Å². The van der Waals surface area contributed by atoms with Gasteiger partial charge in [0.2, 0.25) is 0 Å². The van der Waals surface area contributed by atoms with Gasteiger partial charge in [0.05, 0.1) is 8.58 Å². The van der Waals surface area contributed by atoms with E-state index in [4.69, 9.17) is 9.47 Å². The molecule has 1 aromatic heterocycles. The van der Waals surface area contributed by atoms with Crippen molar-refractivity contribution in [2.24, 2.45) is 0 Å². The normalized spacial score (nSPS) is 16.2. The summed E-state index contributed by atoms with van der Waals surface area (Å²) in [5.41, 5.74) is 1.04. The second kappa shape index (κ2) is 3.21. The molecular weight excluding hydrogens is 289 g/mol. The van der Waals surface area contributed by atoms with Crippen molar-refractivity contribution in [3.05, 3.63) is 26.1 Å². The van der Waals surface area contributed by atoms with Gasteiger partial charge in [0, 0.05) is 0 Å². The highest BCUT2D eigenvalue weighted by Gasteiger charge is 2.20. The van der Waals surface area contributed by atoms with Crippen LogP contribution in [-0.2, 0) is 9.47 Å². The first-order chi connectivity index (χ1) is 5.77. The number of nitrogens with zero attached hydrogens (tertiary/aromatic N) is 1. The first-order valence-electron chi connectivity index (χ1n) is 3.36. The summed E-state index contributed by atoms with van der Waals surface area (Å²) in [6, 6.07) is 0. The molecule has 2 heterocycles. The molecule has 0 atom stereocenters. The van der Waals surface area contributed by atoms with Crippen molar-refractivity contribution in [3.63, 3.8) is 0 Å². The molecular formula is C7H6INO2S. The molecule has 0 spiro atoms. The zero-order chi connectivity index (χ0) is 8.55. The van der Waals surface area contributed by atoms with Gasteiger partial charge in [-0.05, 0) is 29.5 Å². The lowest BCUT2D eigenvalue weighted by Gasteiger charge is -2.04. The first-order valence-corrected chi connectivity index (χ1v) is 5.25. The molecule has 1 aliphatic rings. The van der Waals surface area contributed by atoms with Crippen molar-refractivity contribution < 1.29 is 9.47 Å². The van der Waals surface area contributed by atoms with E-state index in [1.807, 2.05) is 6.92 Å². The molecule has 5 heteroatoms. The Morgan fingerprint density at radius 3 is 2.67 bits per heavy atom. The number of halogens is 1. The number of aromatic nitrogens is 1. The molecule has 0 fully saturated rings. The Kier molecular flexibility index (Phi) is 2.22. The number of aryl methyl sites for hydroxylation is 1. The van der Waals surface area contributed by atoms with Gasteiger partial charge in [0.15, 0.2) is 5.01 Å². The standard InChI is InChI=1S/C7H6INO2S/c1-4-5(8)12-6(9-4)7-10-2-3-11-7/h2-3,7H,1H3. The third-order valence-electron chi connectivity index (χ3n) is 1.42. The Hall–Kier alpha value is -0.300. The fourth-order valence-corrected chi connectivity index (χ4v) is 2.42. The van der Waals surface area contributed by atoms with Crippen LogP contribution in [-0.4, -0.2) is 4.98 Å². The Balaban J connectivity index is 2.23. The van der Waals surface area contributed by atoms with Gasteiger partial charge in [-0.25, -0.2) is 4.98 Å². The molecule has 12 heavy (non-hydrogen) atoms. The van der Waals surface area contributed by atoms with Crippen LogP contribution in [0.4, 0.5) is 0 Å². The summed E-state index contributed by atoms with van der Waals surface area (Å²) in [5.74, 6) is 0. The van der Waals surface area contributed by atoms with Crippen LogP contribution in [0.2, 0.25) is 0 Å². The highest BCUT2D eigenvalue weighted by Crippen LogP contribution is 2.30. The molecule has 0 radical (unpaired) electrons. The van der Waals surface area contributed by atoms with Crippen LogP contribution >= 0.6 is 33.9 Å². The predicted octanol–water partition coefficient (Wildman–Crippen LogP) is 2.57. The molecule has 0 aliphatic carbocycles. The van der Waals surface area contributed by atoms with Crippen LogP contribution in [0.5, 0.6) is 0 Å². The lowest BCUT2D eigenvalue weighted by molar-refractivity contribution is -0.0247. The summed E-state index contributed by atoms with van der Waals surface area (Å²) in [5, 5.41) is 0.877. The van der Waals surface area contributed by atoms with E-state index in [0.29, 0.717) is 0 Å². The molecule has 64 valence electrons. The van der Waals surface area contributed by atoms with Crippen LogP contribution in [0.1, 0.15) is 17.0 Å². The van der Waals surface area contributed by atoms with Gasteiger partial charge in [-0.15, -0.1) is 11.3 Å². The molecule has 0 unspecified atom stereocenters. The molecule has 0 amide bonds. The van der Waals surface area contributed by atoms with Crippen molar-refractivity contribution in [3.8, 4) is 0 Å². The molecule has 0 saturated carbocycles. The van der Waals surface area contributed by atoms with E-state index in [2.05, 4.69) is 27.6 Å². The zero-order valence-corrected chi connectivity index (χ0v) is 9.26. The van der Waals surface area contributed by atoms with Crippen molar-refractivity contribution in [2.75, 3.05) is 0 Å². The Morgan fingerprint density at radius 1 is 1.50 bits per heavy atom. The van der Waals surface area contributed by atoms with E-state index < -0.39 is 0 Å². The molecule has 0 bridgehead atoms. The monoisotopic (exact) mass is 295 g/mol. The van der Waals surface area contributed by atoms with Gasteiger partial charge in [-0.2, -0.15) is 0 Å². The summed E-state index contributed by atoms with van der Waals surface area (Å²) in [4.78, 5) is 4.31. The van der Waals surface area contributed by atoms with Gasteiger partial charge in [0.25, 0.3) is 6.29 Å². The highest BCUT2D eigenvalue weighted by molar-refractivity contribution is 14.1. The lowest BCUT2D eigenvalue weighted by Crippen LogP contribution is -1.96. The Bertz CT molecular complexity index is 296. The minimum atomic E-state index is -0.322. The van der Waals surface area contributed by atoms with Gasteiger partial charge in [-0.1, -0.05) is 0 Å². The van der Waals surface area contributed by atoms with Crippen molar-refractivity contribution in [2.45, 2.75) is 13.2 Å². The first kappa shape index (κ1) is 8.31. The third kappa shape index (κ3) is 1.42. The van der Waals surface area contributed by atoms with Gasteiger partial charge < -0.3 is 9.47 Å². The maximum atomic E-state index is 5.15. The molecule has 0 aromatic carbocycles. The average Bonchev–Trinajstić information content (AvgIpc) is 2.61. The quantitative estimate of drug-likeness (QED) is 0.746. The van der Waals surface area contributed by atoms with E-state index in [9.17, 15) is 0 Å². The number of ether oxygens (including phenoxy) is 2. The maximum Gasteiger partial charge on any atom is 0.292 e. The van der Waals surface area contributed by atoms with E-state index in [1.165, 1.54) is 15.4 Å². The SMILES string of the molecule is Cc1nc(C2OC=CO2)sc1I. The molecule has 2 rings (SSSR count). The second-order valence-electron chi connectivity index (χ2n) is 2.29. The van der Waals surface area contributed by atoms with E-state index in [0.717, 1.165) is 10.7 Å². The van der Waals surface area contributed by atoms with Crippen LogP contribution in [0.15, 0.2) is 12.5 Å². The van der Waals surface area contributed by atoms with Crippen LogP contribution in [0, 0.1) is 9.81 Å². The summed E-state index contributed by atoms with van der Waals surface area (Å²) in [6.45, 7) is 1.98. The van der Waals surface area contributed by atoms with Crippen LogP contribution in [0.3, 0.4) is 0 Å². The molecule has 0 saturated heterocycles. The average molecular weight is 295 g/mol. The number of rotatable bonds is 1. The molecule has 0 N–H and O–H groups in total. The number of hydrogen-bond acceptors (Lipinski definition) is 4. The maximum absolute atomic E-state index is 5.15. The number of hydrogen-bond donors (Lipinski definition) is 0. The highest BCUT2D eigenvalue weighted by atomic mass is 127. The Morgan fingerprint density at radius 2 is 2.17 bits per heavy atom. The Labute approximate surface area is 87.5 Å². The minimum Gasteiger partial charge on any atom is -0.453 e. The predicted molar refractivity (Wildman–Crippen MR) is 53.6 cm³/mol. The van der Waals surface area contributed by atoms with Gasteiger partial charge >= 0.3 is 0 Å². The topological polar surface area (TPSA) is 31.4 Å². The zero-order valence-electron chi connectivity index (χ0n) is 6.28. The smallest absolute Gasteiger partial charge is 0.292 e. The van der Waals surface area contributed by atoms with Crippen molar-refractivity contribution in [1.29, 1.82) is 0 Å². The van der Waals surface area contributed by atoms with Crippen LogP contribution in [0.25, 0.3) is 0 Å². The summed E-state index contributed by atoms with van der Waals surface area (Å²) in [7, 11) is 0. The minimum absolute atomic E-state index is 0.322. The molecule has 1 aliphatic heterocycles. The van der Waals surface area contributed by atoms with Gasteiger partial charge in [-0.3, -0.25) is 0 Å². The summed E-state index contributed by atoms with van der Waals surface area (Å²) >= 11 is 3.85. The fraction of sp³-hybridized carbons (Fsp3) is 0.286. The largest absolute Gasteiger partial charge is 0.453 e. The fourth-order valence-electron chi connectivity index (χ4n) is 0.854. The summed E-state index contributed by atoms with van der Waals surface area (Å²) < 4.78 is 11.5. The van der Waals surface area contributed by atoms with Gasteiger partial charge in [0.1, 0.15) is 12.5 Å². The van der Waals surface area contributed by atoms with E-state index >= 15 is 0 Å². The van der Waals surface area contributed by atoms with Crippen molar-refractivity contribution in [1.82, 2.24) is 4.98 Å². The molecule has 1 aromatic rings. The molecule has 3 nitrogen and oxygen atoms in total.